The van der Waals surface area contributed by atoms with Crippen LogP contribution in [0.4, 0.5) is 5.82 Å². The second-order valence-electron chi connectivity index (χ2n) is 5.83. The van der Waals surface area contributed by atoms with E-state index in [4.69, 9.17) is 11.6 Å². The van der Waals surface area contributed by atoms with Gasteiger partial charge in [-0.25, -0.2) is 4.98 Å². The predicted octanol–water partition coefficient (Wildman–Crippen LogP) is 2.51. The topological polar surface area (TPSA) is 56.7 Å². The van der Waals surface area contributed by atoms with E-state index in [0.717, 1.165) is 24.5 Å². The molecule has 1 aliphatic rings. The fourth-order valence-electron chi connectivity index (χ4n) is 2.83. The molecule has 1 saturated heterocycles. The van der Waals surface area contributed by atoms with Crippen LogP contribution in [0.3, 0.4) is 0 Å². The second-order valence-corrected chi connectivity index (χ2v) is 6.27. The van der Waals surface area contributed by atoms with Gasteiger partial charge in [0.1, 0.15) is 5.82 Å². The zero-order valence-corrected chi connectivity index (χ0v) is 14.1. The van der Waals surface area contributed by atoms with Crippen molar-refractivity contribution in [1.82, 2.24) is 9.88 Å². The van der Waals surface area contributed by atoms with E-state index < -0.39 is 6.10 Å². The first-order valence-electron chi connectivity index (χ1n) is 8.01. The number of hydrogen-bond acceptors (Lipinski definition) is 4. The molecule has 0 aliphatic carbocycles. The molecular weight excluding hydrogens is 326 g/mol. The smallest absolute Gasteiger partial charge is 0.225 e. The van der Waals surface area contributed by atoms with Gasteiger partial charge in [-0.1, -0.05) is 41.9 Å². The summed E-state index contributed by atoms with van der Waals surface area (Å²) in [4.78, 5) is 20.6. The summed E-state index contributed by atoms with van der Waals surface area (Å²) in [6, 6.07) is 13.0. The van der Waals surface area contributed by atoms with Crippen molar-refractivity contribution in [2.45, 2.75) is 12.5 Å². The molecule has 1 unspecified atom stereocenters. The van der Waals surface area contributed by atoms with Crippen molar-refractivity contribution in [2.75, 3.05) is 31.1 Å². The molecule has 1 aromatic carbocycles. The van der Waals surface area contributed by atoms with Crippen molar-refractivity contribution in [3.63, 3.8) is 0 Å². The number of aliphatic hydroxyl groups excluding tert-OH is 1. The number of pyridine rings is 1. The third-order valence-electron chi connectivity index (χ3n) is 4.22. The standard InChI is InChI=1S/C18H20ClN3O2/c19-15-6-7-17(20-13-15)21-8-10-22(11-9-21)18(24)12-16(23)14-4-2-1-3-5-14/h1-7,13,16,23H,8-12H2. The maximum atomic E-state index is 12.4. The molecule has 2 heterocycles. The number of amides is 1. The van der Waals surface area contributed by atoms with Gasteiger partial charge in [0.2, 0.25) is 5.91 Å². The molecule has 0 bridgehead atoms. The average Bonchev–Trinajstić information content (AvgIpc) is 2.63. The summed E-state index contributed by atoms with van der Waals surface area (Å²) in [5, 5.41) is 10.8. The van der Waals surface area contributed by atoms with Crippen LogP contribution in [0.25, 0.3) is 0 Å². The summed E-state index contributed by atoms with van der Waals surface area (Å²) >= 11 is 5.86. The molecule has 6 heteroatoms. The molecule has 126 valence electrons. The molecule has 1 fully saturated rings. The number of halogens is 1. The highest BCUT2D eigenvalue weighted by Crippen LogP contribution is 2.19. The van der Waals surface area contributed by atoms with Crippen molar-refractivity contribution >= 4 is 23.3 Å². The van der Waals surface area contributed by atoms with Gasteiger partial charge in [0.15, 0.2) is 0 Å². The summed E-state index contributed by atoms with van der Waals surface area (Å²) in [7, 11) is 0. The van der Waals surface area contributed by atoms with Gasteiger partial charge in [-0.3, -0.25) is 4.79 Å². The molecule has 1 N–H and O–H groups in total. The van der Waals surface area contributed by atoms with Gasteiger partial charge < -0.3 is 14.9 Å². The van der Waals surface area contributed by atoms with E-state index in [2.05, 4.69) is 9.88 Å². The Morgan fingerprint density at radius 2 is 1.83 bits per heavy atom. The number of piperazine rings is 1. The fourth-order valence-corrected chi connectivity index (χ4v) is 2.94. The SMILES string of the molecule is O=C(CC(O)c1ccccc1)N1CCN(c2ccc(Cl)cn2)CC1. The molecule has 3 rings (SSSR count). The first-order valence-corrected chi connectivity index (χ1v) is 8.38. The van der Waals surface area contributed by atoms with Gasteiger partial charge in [-0.15, -0.1) is 0 Å². The highest BCUT2D eigenvalue weighted by molar-refractivity contribution is 6.30. The largest absolute Gasteiger partial charge is 0.388 e. The molecule has 1 aromatic heterocycles. The lowest BCUT2D eigenvalue weighted by Crippen LogP contribution is -2.49. The number of benzene rings is 1. The Kier molecular flexibility index (Phi) is 5.33. The van der Waals surface area contributed by atoms with Crippen LogP contribution in [-0.4, -0.2) is 47.1 Å². The van der Waals surface area contributed by atoms with Crippen LogP contribution in [0.2, 0.25) is 5.02 Å². The number of carbonyl (C=O) groups excluding carboxylic acids is 1. The molecule has 1 aliphatic heterocycles. The maximum Gasteiger partial charge on any atom is 0.225 e. The van der Waals surface area contributed by atoms with E-state index in [9.17, 15) is 9.90 Å². The Bertz CT molecular complexity index is 670. The summed E-state index contributed by atoms with van der Waals surface area (Å²) in [6.07, 6.45) is 0.989. The number of aliphatic hydroxyl groups is 1. The van der Waals surface area contributed by atoms with Gasteiger partial charge in [0.25, 0.3) is 0 Å². The first kappa shape index (κ1) is 16.7. The van der Waals surface area contributed by atoms with E-state index >= 15 is 0 Å². The normalized spacial score (nSPS) is 16.1. The molecule has 0 radical (unpaired) electrons. The number of hydrogen-bond donors (Lipinski definition) is 1. The number of aromatic nitrogens is 1. The van der Waals surface area contributed by atoms with E-state index in [-0.39, 0.29) is 12.3 Å². The Labute approximate surface area is 146 Å². The molecule has 1 amide bonds. The van der Waals surface area contributed by atoms with E-state index in [0.29, 0.717) is 18.1 Å². The van der Waals surface area contributed by atoms with Crippen LogP contribution in [0, 0.1) is 0 Å². The molecule has 1 atom stereocenters. The van der Waals surface area contributed by atoms with Crippen LogP contribution in [0.1, 0.15) is 18.1 Å². The molecule has 0 spiro atoms. The van der Waals surface area contributed by atoms with E-state index in [1.807, 2.05) is 42.5 Å². The van der Waals surface area contributed by atoms with E-state index in [1.165, 1.54) is 0 Å². The minimum absolute atomic E-state index is 0.0185. The summed E-state index contributed by atoms with van der Waals surface area (Å²) < 4.78 is 0. The van der Waals surface area contributed by atoms with Gasteiger partial charge in [-0.2, -0.15) is 0 Å². The van der Waals surface area contributed by atoms with E-state index in [1.54, 1.807) is 11.1 Å². The van der Waals surface area contributed by atoms with Gasteiger partial charge in [0, 0.05) is 32.4 Å². The minimum Gasteiger partial charge on any atom is -0.388 e. The van der Waals surface area contributed by atoms with Crippen LogP contribution in [0.5, 0.6) is 0 Å². The van der Waals surface area contributed by atoms with Crippen molar-refractivity contribution in [3.05, 3.63) is 59.2 Å². The number of nitrogens with zero attached hydrogens (tertiary/aromatic N) is 3. The summed E-state index contributed by atoms with van der Waals surface area (Å²) in [5.74, 6) is 0.853. The Balaban J connectivity index is 1.52. The lowest BCUT2D eigenvalue weighted by atomic mass is 10.1. The van der Waals surface area contributed by atoms with Gasteiger partial charge >= 0.3 is 0 Å². The average molecular weight is 346 g/mol. The molecule has 5 nitrogen and oxygen atoms in total. The lowest BCUT2D eigenvalue weighted by molar-refractivity contribution is -0.133. The monoisotopic (exact) mass is 345 g/mol. The second kappa shape index (κ2) is 7.64. The zero-order valence-electron chi connectivity index (χ0n) is 13.3. The third kappa shape index (κ3) is 4.04. The quantitative estimate of drug-likeness (QED) is 0.925. The maximum absolute atomic E-state index is 12.4. The Morgan fingerprint density at radius 3 is 2.46 bits per heavy atom. The number of anilines is 1. The van der Waals surface area contributed by atoms with Crippen molar-refractivity contribution < 1.29 is 9.90 Å². The van der Waals surface area contributed by atoms with Crippen LogP contribution < -0.4 is 4.90 Å². The third-order valence-corrected chi connectivity index (χ3v) is 4.44. The highest BCUT2D eigenvalue weighted by atomic mass is 35.5. The van der Waals surface area contributed by atoms with Crippen molar-refractivity contribution in [3.8, 4) is 0 Å². The van der Waals surface area contributed by atoms with Gasteiger partial charge in [0.05, 0.1) is 17.5 Å². The molecule has 0 saturated carbocycles. The zero-order chi connectivity index (χ0) is 16.9. The predicted molar refractivity (Wildman–Crippen MR) is 94.1 cm³/mol. The van der Waals surface area contributed by atoms with Crippen LogP contribution >= 0.6 is 11.6 Å². The highest BCUT2D eigenvalue weighted by Gasteiger charge is 2.23. The van der Waals surface area contributed by atoms with Crippen molar-refractivity contribution in [2.24, 2.45) is 0 Å². The van der Waals surface area contributed by atoms with Crippen LogP contribution in [0.15, 0.2) is 48.7 Å². The fraction of sp³-hybridized carbons (Fsp3) is 0.333. The van der Waals surface area contributed by atoms with Gasteiger partial charge in [-0.05, 0) is 17.7 Å². The number of carbonyl (C=O) groups is 1. The molecular formula is C18H20ClN3O2. The Hall–Kier alpha value is -2.11. The molecule has 2 aromatic rings. The minimum atomic E-state index is -0.755. The lowest BCUT2D eigenvalue weighted by Gasteiger charge is -2.35. The summed E-state index contributed by atoms with van der Waals surface area (Å²) in [5.41, 5.74) is 0.773. The number of rotatable bonds is 4. The summed E-state index contributed by atoms with van der Waals surface area (Å²) in [6.45, 7) is 2.71. The first-order chi connectivity index (χ1) is 11.6. The Morgan fingerprint density at radius 1 is 1.12 bits per heavy atom. The van der Waals surface area contributed by atoms with Crippen molar-refractivity contribution in [1.29, 1.82) is 0 Å². The molecule has 24 heavy (non-hydrogen) atoms. The van der Waals surface area contributed by atoms with Crippen LogP contribution in [-0.2, 0) is 4.79 Å².